The van der Waals surface area contributed by atoms with Gasteiger partial charge in [0.25, 0.3) is 0 Å². The van der Waals surface area contributed by atoms with Crippen molar-refractivity contribution in [1.29, 1.82) is 0 Å². The Hall–Kier alpha value is 1.29. The first-order valence-corrected chi connectivity index (χ1v) is 7.04. The number of hydrogen-bond acceptors (Lipinski definition) is 0. The molecule has 0 spiro atoms. The largest absolute Gasteiger partial charge is 0.569 e. The minimum absolute atomic E-state index is 0. The van der Waals surface area contributed by atoms with E-state index in [-0.39, 0.29) is 35.2 Å². The van der Waals surface area contributed by atoms with E-state index >= 15 is 0 Å². The monoisotopic (exact) mass is 250 g/mol. The highest BCUT2D eigenvalue weighted by atomic mass is 79.9. The molecule has 0 aromatic carbocycles. The molecule has 0 aliphatic carbocycles. The smallest absolute Gasteiger partial charge is 0.277 e. The van der Waals surface area contributed by atoms with E-state index in [0.29, 0.717) is 0 Å². The summed E-state index contributed by atoms with van der Waals surface area (Å²) in [5.41, 5.74) is 0. The van der Waals surface area contributed by atoms with E-state index in [2.05, 4.69) is 29.8 Å². The topological polar surface area (TPSA) is 0 Å². The Morgan fingerprint density at radius 1 is 1.62 bits per heavy atom. The lowest BCUT2D eigenvalue weighted by atomic mass is 10.4. The Labute approximate surface area is 77.2 Å². The third kappa shape index (κ3) is 10.3. The Kier molecular flexibility index (Phi) is 16.7. The standard InChI is InChI=1S/C5H7.2BrH.Mg/c1-3-5-4-2;;;/h3,5H2,1H3;2*1H;/q;;;+1/p-1. The minimum atomic E-state index is -0.155. The Bertz CT molecular complexity index is 82.2. The van der Waals surface area contributed by atoms with Gasteiger partial charge in [0.2, 0.25) is 0 Å². The highest BCUT2D eigenvalue weighted by Gasteiger charge is 1.73. The van der Waals surface area contributed by atoms with Gasteiger partial charge in [-0.25, -0.2) is 0 Å². The average Bonchev–Trinajstić information content (AvgIpc) is 1.69. The van der Waals surface area contributed by atoms with Crippen LogP contribution in [-0.2, 0) is 0 Å². The number of hydrogen-bond donors (Lipinski definition) is 0. The van der Waals surface area contributed by atoms with Crippen molar-refractivity contribution >= 4 is 48.1 Å². The van der Waals surface area contributed by atoms with Gasteiger partial charge >= 0.3 is 18.2 Å². The predicted octanol–water partition coefficient (Wildman–Crippen LogP) is 2.34. The molecule has 0 bridgehead atoms. The second-order valence-electron chi connectivity index (χ2n) is 1.24. The average molecular weight is 252 g/mol. The first kappa shape index (κ1) is 12.0. The Balaban J connectivity index is 0. The maximum absolute atomic E-state index is 3.34. The van der Waals surface area contributed by atoms with Gasteiger partial charge in [0.1, 0.15) is 0 Å². The van der Waals surface area contributed by atoms with Gasteiger partial charge in [-0.2, -0.15) is 0 Å². The fourth-order valence-corrected chi connectivity index (χ4v) is 1.13. The second-order valence-corrected chi connectivity index (χ2v) is 3.54. The minimum Gasteiger partial charge on any atom is -0.277 e. The van der Waals surface area contributed by atoms with Crippen molar-refractivity contribution in [3.05, 3.63) is 0 Å². The molecule has 0 saturated carbocycles. The lowest BCUT2D eigenvalue weighted by Crippen LogP contribution is -1.65. The van der Waals surface area contributed by atoms with Crippen LogP contribution in [0.15, 0.2) is 0 Å². The van der Waals surface area contributed by atoms with Gasteiger partial charge in [-0.1, -0.05) is 6.92 Å². The molecular weight excluding hydrogens is 244 g/mol. The van der Waals surface area contributed by atoms with E-state index in [1.165, 1.54) is 6.42 Å². The molecule has 0 nitrogen and oxygen atoms in total. The van der Waals surface area contributed by atoms with Gasteiger partial charge in [0.05, 0.1) is 0 Å². The van der Waals surface area contributed by atoms with E-state index in [9.17, 15) is 0 Å². The first-order chi connectivity index (χ1) is 3.41. The van der Waals surface area contributed by atoms with Crippen LogP contribution < -0.4 is 0 Å². The van der Waals surface area contributed by atoms with Gasteiger partial charge in [0, 0.05) is 6.42 Å². The normalized spacial score (nSPS) is 5.25. The van der Waals surface area contributed by atoms with E-state index in [1.54, 1.807) is 0 Å². The van der Waals surface area contributed by atoms with Crippen molar-refractivity contribution in [2.45, 2.75) is 19.8 Å². The molecule has 0 heterocycles. The molecule has 0 atom stereocenters. The van der Waals surface area contributed by atoms with Crippen LogP contribution >= 0.6 is 29.9 Å². The van der Waals surface area contributed by atoms with Crippen molar-refractivity contribution < 1.29 is 0 Å². The van der Waals surface area contributed by atoms with Gasteiger partial charge in [-0.15, -0.1) is 22.9 Å². The molecular formula is C5H8Br2Mg. The van der Waals surface area contributed by atoms with Crippen molar-refractivity contribution in [3.8, 4) is 9.97 Å². The van der Waals surface area contributed by atoms with Crippen molar-refractivity contribution in [1.82, 2.24) is 0 Å². The van der Waals surface area contributed by atoms with Crippen LogP contribution in [0.4, 0.5) is 0 Å². The highest BCUT2D eigenvalue weighted by Crippen LogP contribution is 1.80. The lowest BCUT2D eigenvalue weighted by Gasteiger charge is -1.73. The van der Waals surface area contributed by atoms with Gasteiger partial charge in [0.15, 0.2) is 0 Å². The van der Waals surface area contributed by atoms with Gasteiger partial charge in [-0.3, -0.25) is 16.9 Å². The second kappa shape index (κ2) is 11.1. The molecule has 0 aromatic rings. The van der Waals surface area contributed by atoms with E-state index < -0.39 is 0 Å². The van der Waals surface area contributed by atoms with Crippen molar-refractivity contribution in [3.63, 3.8) is 0 Å². The van der Waals surface area contributed by atoms with Crippen LogP contribution in [0.5, 0.6) is 0 Å². The molecule has 0 saturated heterocycles. The lowest BCUT2D eigenvalue weighted by molar-refractivity contribution is 0.984. The van der Waals surface area contributed by atoms with E-state index in [4.69, 9.17) is 0 Å². The molecule has 8 heavy (non-hydrogen) atoms. The summed E-state index contributed by atoms with van der Waals surface area (Å²) in [6, 6.07) is 0. The zero-order chi connectivity index (χ0) is 5.54. The third-order valence-corrected chi connectivity index (χ3v) is 1.79. The van der Waals surface area contributed by atoms with Crippen LogP contribution in [0.25, 0.3) is 0 Å². The van der Waals surface area contributed by atoms with Crippen molar-refractivity contribution in [2.75, 3.05) is 0 Å². The van der Waals surface area contributed by atoms with Crippen LogP contribution in [0.2, 0.25) is 0 Å². The summed E-state index contributed by atoms with van der Waals surface area (Å²) >= 11 is 3.19. The van der Waals surface area contributed by atoms with Crippen LogP contribution in [0.1, 0.15) is 19.8 Å². The molecule has 0 aliphatic rings. The number of unbranched alkanes of at least 4 members (excludes halogenated alkanes) is 1. The molecule has 0 radical (unpaired) electrons. The number of halogens is 2. The van der Waals surface area contributed by atoms with E-state index in [0.717, 1.165) is 6.42 Å². The first-order valence-electron chi connectivity index (χ1n) is 2.43. The maximum atomic E-state index is 3.34. The molecule has 0 N–H and O–H groups in total. The Morgan fingerprint density at radius 2 is 2.25 bits per heavy atom. The number of rotatable bonds is 1. The highest BCUT2D eigenvalue weighted by molar-refractivity contribution is 9.23. The molecule has 0 aliphatic heterocycles. The molecule has 44 valence electrons. The molecule has 0 rings (SSSR count). The zero-order valence-electron chi connectivity index (χ0n) is 4.91. The molecule has 3 heteroatoms. The summed E-state index contributed by atoms with van der Waals surface area (Å²) in [6.07, 6.45) is 2.26. The van der Waals surface area contributed by atoms with Crippen molar-refractivity contribution in [2.24, 2.45) is 0 Å². The fourth-order valence-electron chi connectivity index (χ4n) is 0.261. The summed E-state index contributed by atoms with van der Waals surface area (Å²) in [5.74, 6) is 3.05. The van der Waals surface area contributed by atoms with Crippen LogP contribution in [0, 0.1) is 9.97 Å². The molecule has 0 aromatic heterocycles. The summed E-state index contributed by atoms with van der Waals surface area (Å²) in [4.78, 5) is 0. The summed E-state index contributed by atoms with van der Waals surface area (Å²) in [6.45, 7) is 2.14. The van der Waals surface area contributed by atoms with Crippen LogP contribution in [0.3, 0.4) is 0 Å². The Morgan fingerprint density at radius 3 is 2.62 bits per heavy atom. The summed E-state index contributed by atoms with van der Waals surface area (Å²) in [7, 11) is 0. The molecule has 0 unspecified atom stereocenters. The van der Waals surface area contributed by atoms with Crippen LogP contribution in [-0.4, -0.2) is 18.2 Å². The van der Waals surface area contributed by atoms with Gasteiger partial charge in [-0.05, 0) is 6.42 Å². The van der Waals surface area contributed by atoms with E-state index in [1.807, 2.05) is 0 Å². The summed E-state index contributed by atoms with van der Waals surface area (Å²) < 4.78 is 3.05. The summed E-state index contributed by atoms with van der Waals surface area (Å²) in [5, 5.41) is 0. The molecule has 0 fully saturated rings. The fraction of sp³-hybridized carbons (Fsp3) is 0.600. The zero-order valence-corrected chi connectivity index (χ0v) is 9.62. The predicted molar refractivity (Wildman–Crippen MR) is 47.7 cm³/mol. The maximum Gasteiger partial charge on any atom is 0.569 e. The SMILES string of the molecule is Br.CCCC#[C][Mg][Br]. The third-order valence-electron chi connectivity index (χ3n) is 0.567. The van der Waals surface area contributed by atoms with Gasteiger partial charge < -0.3 is 0 Å². The molecule has 0 amide bonds. The quantitative estimate of drug-likeness (QED) is 0.496.